The van der Waals surface area contributed by atoms with E-state index in [-0.39, 0.29) is 5.75 Å². The van der Waals surface area contributed by atoms with Gasteiger partial charge in [-0.2, -0.15) is 0 Å². The van der Waals surface area contributed by atoms with Gasteiger partial charge in [-0.25, -0.2) is 0 Å². The summed E-state index contributed by atoms with van der Waals surface area (Å²) in [6.45, 7) is 11.1. The van der Waals surface area contributed by atoms with Gasteiger partial charge in [-0.3, -0.25) is 9.88 Å². The fourth-order valence-corrected chi connectivity index (χ4v) is 4.53. The molecule has 0 bridgehead atoms. The highest BCUT2D eigenvalue weighted by Gasteiger charge is 2.18. The molecule has 170 valence electrons. The van der Waals surface area contributed by atoms with Crippen LogP contribution in [0.25, 0.3) is 10.9 Å². The number of rotatable bonds is 11. The van der Waals surface area contributed by atoms with Crippen LogP contribution < -0.4 is 5.32 Å². The summed E-state index contributed by atoms with van der Waals surface area (Å²) in [4.78, 5) is 6.97. The van der Waals surface area contributed by atoms with Crippen LogP contribution in [0.15, 0.2) is 36.0 Å². The zero-order chi connectivity index (χ0) is 22.1. The van der Waals surface area contributed by atoms with Crippen molar-refractivity contribution in [2.24, 2.45) is 5.92 Å². The fourth-order valence-electron chi connectivity index (χ4n) is 4.53. The highest BCUT2D eigenvalue weighted by Crippen LogP contribution is 2.32. The Morgan fingerprint density at radius 1 is 1.23 bits per heavy atom. The van der Waals surface area contributed by atoms with Crippen molar-refractivity contribution < 1.29 is 5.11 Å². The van der Waals surface area contributed by atoms with Crippen LogP contribution in [-0.2, 0) is 6.42 Å². The Kier molecular flexibility index (Phi) is 9.20. The minimum atomic E-state index is 0.247. The molecule has 0 spiro atoms. The van der Waals surface area contributed by atoms with Crippen molar-refractivity contribution in [2.45, 2.75) is 72.1 Å². The number of aryl methyl sites for hydroxylation is 1. The van der Waals surface area contributed by atoms with Gasteiger partial charge in [-0.1, -0.05) is 44.4 Å². The number of fused-ring (bicyclic) bond motifs is 1. The smallest absolute Gasteiger partial charge is 0.157 e. The zero-order valence-electron chi connectivity index (χ0n) is 19.8. The maximum Gasteiger partial charge on any atom is 0.157 e. The van der Waals surface area contributed by atoms with Gasteiger partial charge in [0.2, 0.25) is 0 Å². The quantitative estimate of drug-likeness (QED) is 0.318. The molecule has 1 aliphatic rings. The molecule has 0 saturated carbocycles. The molecule has 1 aliphatic heterocycles. The molecule has 0 amide bonds. The van der Waals surface area contributed by atoms with Crippen LogP contribution in [0, 0.1) is 5.92 Å². The predicted molar refractivity (Wildman–Crippen MR) is 133 cm³/mol. The molecule has 4 heteroatoms. The molecule has 0 unspecified atom stereocenters. The summed E-state index contributed by atoms with van der Waals surface area (Å²) in [6, 6.07) is 6.32. The molecular weight excluding hydrogens is 382 g/mol. The number of hydrogen-bond acceptors (Lipinski definition) is 4. The first-order valence-electron chi connectivity index (χ1n) is 12.3. The second kappa shape index (κ2) is 12.1. The van der Waals surface area contributed by atoms with Crippen molar-refractivity contribution >= 4 is 16.6 Å². The monoisotopic (exact) mass is 423 g/mol. The summed E-state index contributed by atoms with van der Waals surface area (Å²) in [6.07, 6.45) is 13.9. The van der Waals surface area contributed by atoms with Gasteiger partial charge in [0, 0.05) is 18.5 Å². The van der Waals surface area contributed by atoms with Crippen LogP contribution in [0.2, 0.25) is 0 Å². The van der Waals surface area contributed by atoms with Crippen molar-refractivity contribution in [3.63, 3.8) is 0 Å². The van der Waals surface area contributed by atoms with Crippen molar-refractivity contribution in [2.75, 3.05) is 31.5 Å². The van der Waals surface area contributed by atoms with Gasteiger partial charge in [0.25, 0.3) is 0 Å². The topological polar surface area (TPSA) is 48.4 Å². The molecule has 0 aliphatic carbocycles. The van der Waals surface area contributed by atoms with Crippen LogP contribution >= 0.6 is 0 Å². The Balaban J connectivity index is 1.44. The predicted octanol–water partition coefficient (Wildman–Crippen LogP) is 6.54. The molecular formula is C27H41N3O. The van der Waals surface area contributed by atoms with Crippen LogP contribution in [0.5, 0.6) is 5.75 Å². The number of aromatic hydroxyl groups is 1. The number of allylic oxidation sites excluding steroid dienone is 1. The lowest BCUT2D eigenvalue weighted by Gasteiger charge is -2.31. The lowest BCUT2D eigenvalue weighted by molar-refractivity contribution is 0.196. The van der Waals surface area contributed by atoms with E-state index in [0.29, 0.717) is 0 Å². The van der Waals surface area contributed by atoms with Gasteiger partial charge in [0.15, 0.2) is 5.75 Å². The van der Waals surface area contributed by atoms with E-state index < -0.39 is 0 Å². The minimum Gasteiger partial charge on any atom is -0.504 e. The average molecular weight is 424 g/mol. The summed E-state index contributed by atoms with van der Waals surface area (Å²) in [5.41, 5.74) is 4.59. The lowest BCUT2D eigenvalue weighted by Crippen LogP contribution is -2.34. The van der Waals surface area contributed by atoms with E-state index in [2.05, 4.69) is 60.2 Å². The SMILES string of the molecule is CCCCC/C(C)=C/CN1CCC(CCNc2c(O)cnc3ccc(CC)cc23)CC1. The summed E-state index contributed by atoms with van der Waals surface area (Å²) < 4.78 is 0. The first kappa shape index (κ1) is 23.6. The summed E-state index contributed by atoms with van der Waals surface area (Å²) in [5.74, 6) is 1.01. The number of unbranched alkanes of at least 4 members (excludes halogenated alkanes) is 2. The van der Waals surface area contributed by atoms with E-state index in [1.807, 2.05) is 0 Å². The molecule has 2 heterocycles. The second-order valence-electron chi connectivity index (χ2n) is 9.19. The molecule has 31 heavy (non-hydrogen) atoms. The number of piperidine rings is 1. The number of pyridine rings is 1. The molecule has 1 saturated heterocycles. The summed E-state index contributed by atoms with van der Waals surface area (Å²) in [5, 5.41) is 14.9. The van der Waals surface area contributed by atoms with E-state index in [0.717, 1.165) is 48.4 Å². The highest BCUT2D eigenvalue weighted by molar-refractivity contribution is 5.94. The van der Waals surface area contributed by atoms with Crippen LogP contribution in [0.4, 0.5) is 5.69 Å². The van der Waals surface area contributed by atoms with Crippen LogP contribution in [0.1, 0.15) is 71.3 Å². The Labute approximate surface area is 188 Å². The third kappa shape index (κ3) is 6.96. The number of hydrogen-bond donors (Lipinski definition) is 2. The van der Waals surface area contributed by atoms with E-state index in [1.54, 1.807) is 11.8 Å². The number of anilines is 1. The molecule has 3 rings (SSSR count). The van der Waals surface area contributed by atoms with Crippen molar-refractivity contribution in [1.29, 1.82) is 0 Å². The Hall–Kier alpha value is -2.07. The summed E-state index contributed by atoms with van der Waals surface area (Å²) >= 11 is 0. The summed E-state index contributed by atoms with van der Waals surface area (Å²) in [7, 11) is 0. The van der Waals surface area contributed by atoms with Gasteiger partial charge in [-0.05, 0) is 82.2 Å². The number of benzene rings is 1. The molecule has 4 nitrogen and oxygen atoms in total. The number of likely N-dealkylation sites (tertiary alicyclic amines) is 1. The Bertz CT molecular complexity index is 853. The molecule has 2 aromatic rings. The Morgan fingerprint density at radius 2 is 2.03 bits per heavy atom. The van der Waals surface area contributed by atoms with Gasteiger partial charge in [0.05, 0.1) is 17.4 Å². The fraction of sp³-hybridized carbons (Fsp3) is 0.593. The number of nitrogens with one attached hydrogen (secondary N) is 1. The number of aromatic nitrogens is 1. The maximum absolute atomic E-state index is 10.4. The average Bonchev–Trinajstić information content (AvgIpc) is 2.79. The van der Waals surface area contributed by atoms with Crippen molar-refractivity contribution in [1.82, 2.24) is 9.88 Å². The van der Waals surface area contributed by atoms with Crippen molar-refractivity contribution in [3.8, 4) is 5.75 Å². The second-order valence-corrected chi connectivity index (χ2v) is 9.19. The van der Waals surface area contributed by atoms with E-state index >= 15 is 0 Å². The highest BCUT2D eigenvalue weighted by atomic mass is 16.3. The van der Waals surface area contributed by atoms with Gasteiger partial charge >= 0.3 is 0 Å². The first-order chi connectivity index (χ1) is 15.1. The molecule has 1 aromatic carbocycles. The van der Waals surface area contributed by atoms with E-state index in [4.69, 9.17) is 0 Å². The largest absolute Gasteiger partial charge is 0.504 e. The normalized spacial score (nSPS) is 16.2. The van der Waals surface area contributed by atoms with Crippen molar-refractivity contribution in [3.05, 3.63) is 41.6 Å². The van der Waals surface area contributed by atoms with Crippen LogP contribution in [0.3, 0.4) is 0 Å². The zero-order valence-corrected chi connectivity index (χ0v) is 19.8. The molecule has 2 N–H and O–H groups in total. The lowest BCUT2D eigenvalue weighted by atomic mass is 9.93. The minimum absolute atomic E-state index is 0.247. The molecule has 0 atom stereocenters. The number of nitrogens with zero attached hydrogens (tertiary/aromatic N) is 2. The van der Waals surface area contributed by atoms with E-state index in [1.165, 1.54) is 57.2 Å². The first-order valence-corrected chi connectivity index (χ1v) is 12.3. The van der Waals surface area contributed by atoms with E-state index in [9.17, 15) is 5.11 Å². The van der Waals surface area contributed by atoms with Crippen LogP contribution in [-0.4, -0.2) is 41.2 Å². The standard InChI is InChI=1S/C27H41N3O/c1-4-6-7-8-21(3)12-16-30-17-13-23(14-18-30)11-15-28-27-24-19-22(5-2)9-10-25(24)29-20-26(27)31/h9-10,12,19-20,23,31H,4-8,11,13-18H2,1-3H3,(H,28,29)/b21-12+. The van der Waals surface area contributed by atoms with Gasteiger partial charge in [0.1, 0.15) is 0 Å². The third-order valence-electron chi connectivity index (χ3n) is 6.75. The molecule has 0 radical (unpaired) electrons. The molecule has 1 aromatic heterocycles. The van der Waals surface area contributed by atoms with Gasteiger partial charge in [-0.15, -0.1) is 0 Å². The maximum atomic E-state index is 10.4. The van der Waals surface area contributed by atoms with Gasteiger partial charge < -0.3 is 10.4 Å². The third-order valence-corrected chi connectivity index (χ3v) is 6.75. The molecule has 1 fully saturated rings. The Morgan fingerprint density at radius 3 is 2.77 bits per heavy atom.